The number of para-hydroxylation sites is 1. The lowest BCUT2D eigenvalue weighted by atomic mass is 10.1. The third kappa shape index (κ3) is 2.86. The molecule has 2 heterocycles. The minimum absolute atomic E-state index is 0.147. The molecule has 0 unspecified atom stereocenters. The van der Waals surface area contributed by atoms with Crippen LogP contribution in [0.15, 0.2) is 29.4 Å². The average molecular weight is 298 g/mol. The predicted octanol–water partition coefficient (Wildman–Crippen LogP) is 1.40. The highest BCUT2D eigenvalue weighted by Crippen LogP contribution is 2.21. The smallest absolute Gasteiger partial charge is 0.267 e. The molecule has 0 spiro atoms. The molecular formula is C16H18N4O2. The number of rotatable bonds is 4. The van der Waals surface area contributed by atoms with E-state index in [9.17, 15) is 9.59 Å². The molecule has 6 nitrogen and oxygen atoms in total. The minimum Gasteiger partial charge on any atom is -0.358 e. The molecule has 2 amide bonds. The summed E-state index contributed by atoms with van der Waals surface area (Å²) >= 11 is 0. The molecule has 1 aromatic carbocycles. The molecule has 2 aromatic rings. The van der Waals surface area contributed by atoms with E-state index in [4.69, 9.17) is 0 Å². The SMILES string of the molecule is Cc1[nH]c2ccccc2c1CCNC(=O)C1=NNC(=O)CC1. The third-order valence-corrected chi connectivity index (χ3v) is 3.85. The summed E-state index contributed by atoms with van der Waals surface area (Å²) in [5, 5.41) is 7.85. The number of nitrogens with one attached hydrogen (secondary N) is 3. The van der Waals surface area contributed by atoms with Gasteiger partial charge in [-0.2, -0.15) is 5.10 Å². The van der Waals surface area contributed by atoms with Crippen LogP contribution in [0, 0.1) is 6.92 Å². The molecule has 0 fully saturated rings. The summed E-state index contributed by atoms with van der Waals surface area (Å²) in [7, 11) is 0. The monoisotopic (exact) mass is 298 g/mol. The average Bonchev–Trinajstić information content (AvgIpc) is 2.84. The number of H-pyrrole nitrogens is 1. The van der Waals surface area contributed by atoms with Gasteiger partial charge < -0.3 is 10.3 Å². The first-order valence-electron chi connectivity index (χ1n) is 7.35. The van der Waals surface area contributed by atoms with Gasteiger partial charge in [-0.05, 0) is 25.0 Å². The first-order chi connectivity index (χ1) is 10.6. The first kappa shape index (κ1) is 14.3. The maximum absolute atomic E-state index is 12.0. The Morgan fingerprint density at radius 1 is 1.32 bits per heavy atom. The minimum atomic E-state index is -0.211. The molecule has 0 saturated heterocycles. The van der Waals surface area contributed by atoms with Gasteiger partial charge >= 0.3 is 0 Å². The van der Waals surface area contributed by atoms with Gasteiger partial charge in [0.2, 0.25) is 5.91 Å². The number of hydrogen-bond acceptors (Lipinski definition) is 3. The Balaban J connectivity index is 1.62. The number of benzene rings is 1. The fraction of sp³-hybridized carbons (Fsp3) is 0.312. The fourth-order valence-corrected chi connectivity index (χ4v) is 2.70. The van der Waals surface area contributed by atoms with Gasteiger partial charge in [0.1, 0.15) is 5.71 Å². The quantitative estimate of drug-likeness (QED) is 0.797. The van der Waals surface area contributed by atoms with Crippen molar-refractivity contribution in [3.63, 3.8) is 0 Å². The van der Waals surface area contributed by atoms with Gasteiger partial charge in [-0.3, -0.25) is 9.59 Å². The molecule has 1 aromatic heterocycles. The standard InChI is InChI=1S/C16H18N4O2/c1-10-11(12-4-2-3-5-13(12)18-10)8-9-17-16(22)14-6-7-15(21)20-19-14/h2-5,18H,6-9H2,1H3,(H,17,22)(H,20,21). The van der Waals surface area contributed by atoms with E-state index in [1.807, 2.05) is 25.1 Å². The Morgan fingerprint density at radius 2 is 2.14 bits per heavy atom. The maximum atomic E-state index is 12.0. The number of carbonyl (C=O) groups excluding carboxylic acids is 2. The van der Waals surface area contributed by atoms with Crippen molar-refractivity contribution in [2.24, 2.45) is 5.10 Å². The lowest BCUT2D eigenvalue weighted by Crippen LogP contribution is -2.37. The van der Waals surface area contributed by atoms with Crippen LogP contribution >= 0.6 is 0 Å². The first-order valence-corrected chi connectivity index (χ1v) is 7.35. The normalized spacial score (nSPS) is 14.6. The summed E-state index contributed by atoms with van der Waals surface area (Å²) < 4.78 is 0. The van der Waals surface area contributed by atoms with Crippen LogP contribution < -0.4 is 10.7 Å². The molecular weight excluding hydrogens is 280 g/mol. The Bertz CT molecular complexity index is 761. The van der Waals surface area contributed by atoms with Crippen molar-refractivity contribution in [2.75, 3.05) is 6.54 Å². The molecule has 3 N–H and O–H groups in total. The van der Waals surface area contributed by atoms with Crippen molar-refractivity contribution < 1.29 is 9.59 Å². The van der Waals surface area contributed by atoms with E-state index in [0.717, 1.165) is 17.6 Å². The van der Waals surface area contributed by atoms with Crippen molar-refractivity contribution in [1.82, 2.24) is 15.7 Å². The molecule has 1 aliphatic heterocycles. The topological polar surface area (TPSA) is 86.3 Å². The van der Waals surface area contributed by atoms with Crippen LogP contribution in [0.2, 0.25) is 0 Å². The molecule has 0 aliphatic carbocycles. The maximum Gasteiger partial charge on any atom is 0.267 e. The zero-order valence-electron chi connectivity index (χ0n) is 12.4. The zero-order valence-corrected chi connectivity index (χ0v) is 12.4. The lowest BCUT2D eigenvalue weighted by Gasteiger charge is -2.12. The Kier molecular flexibility index (Phi) is 3.91. The zero-order chi connectivity index (χ0) is 15.5. The number of hydrazone groups is 1. The number of nitrogens with zero attached hydrogens (tertiary/aromatic N) is 1. The van der Waals surface area contributed by atoms with Gasteiger partial charge in [0.15, 0.2) is 0 Å². The summed E-state index contributed by atoms with van der Waals surface area (Å²) in [6.45, 7) is 2.58. The fourth-order valence-electron chi connectivity index (χ4n) is 2.70. The highest BCUT2D eigenvalue weighted by atomic mass is 16.2. The van der Waals surface area contributed by atoms with Crippen LogP contribution in [0.1, 0.15) is 24.1 Å². The number of aryl methyl sites for hydroxylation is 1. The molecule has 114 valence electrons. The number of amides is 2. The van der Waals surface area contributed by atoms with Crippen LogP contribution in [0.5, 0.6) is 0 Å². The second-order valence-electron chi connectivity index (χ2n) is 5.37. The summed E-state index contributed by atoms with van der Waals surface area (Å²) in [4.78, 5) is 26.3. The second kappa shape index (κ2) is 6.01. The third-order valence-electron chi connectivity index (χ3n) is 3.85. The van der Waals surface area contributed by atoms with E-state index < -0.39 is 0 Å². The molecule has 0 saturated carbocycles. The van der Waals surface area contributed by atoms with E-state index in [-0.39, 0.29) is 11.8 Å². The highest BCUT2D eigenvalue weighted by molar-refractivity contribution is 6.39. The van der Waals surface area contributed by atoms with Gasteiger partial charge in [0.05, 0.1) is 0 Å². The van der Waals surface area contributed by atoms with E-state index in [1.54, 1.807) is 0 Å². The summed E-state index contributed by atoms with van der Waals surface area (Å²) in [6, 6.07) is 8.14. The Hall–Kier alpha value is -2.63. The number of carbonyl (C=O) groups is 2. The van der Waals surface area contributed by atoms with E-state index >= 15 is 0 Å². The van der Waals surface area contributed by atoms with E-state index in [2.05, 4.69) is 26.9 Å². The van der Waals surface area contributed by atoms with E-state index in [0.29, 0.717) is 25.1 Å². The largest absolute Gasteiger partial charge is 0.358 e. The number of hydrogen-bond donors (Lipinski definition) is 3. The van der Waals surface area contributed by atoms with Crippen LogP contribution in [-0.2, 0) is 16.0 Å². The molecule has 1 aliphatic rings. The van der Waals surface area contributed by atoms with Crippen LogP contribution in [0.3, 0.4) is 0 Å². The van der Waals surface area contributed by atoms with Crippen molar-refractivity contribution >= 4 is 28.4 Å². The summed E-state index contributed by atoms with van der Waals surface area (Å²) in [6.07, 6.45) is 1.46. The molecule has 0 atom stereocenters. The summed E-state index contributed by atoms with van der Waals surface area (Å²) in [5.41, 5.74) is 6.17. The van der Waals surface area contributed by atoms with Crippen molar-refractivity contribution in [1.29, 1.82) is 0 Å². The van der Waals surface area contributed by atoms with E-state index in [1.165, 1.54) is 10.9 Å². The van der Waals surface area contributed by atoms with Gasteiger partial charge in [-0.15, -0.1) is 0 Å². The number of fused-ring (bicyclic) bond motifs is 1. The molecule has 0 bridgehead atoms. The van der Waals surface area contributed by atoms with Crippen molar-refractivity contribution in [3.05, 3.63) is 35.5 Å². The van der Waals surface area contributed by atoms with Crippen LogP contribution in [0.25, 0.3) is 10.9 Å². The predicted molar refractivity (Wildman–Crippen MR) is 84.6 cm³/mol. The molecule has 3 rings (SSSR count). The second-order valence-corrected chi connectivity index (χ2v) is 5.37. The van der Waals surface area contributed by atoms with Crippen molar-refractivity contribution in [2.45, 2.75) is 26.2 Å². The number of aromatic amines is 1. The lowest BCUT2D eigenvalue weighted by molar-refractivity contribution is -0.121. The van der Waals surface area contributed by atoms with Crippen molar-refractivity contribution in [3.8, 4) is 0 Å². The van der Waals surface area contributed by atoms with Gasteiger partial charge in [-0.25, -0.2) is 5.43 Å². The molecule has 22 heavy (non-hydrogen) atoms. The summed E-state index contributed by atoms with van der Waals surface area (Å²) in [5.74, 6) is -0.358. The van der Waals surface area contributed by atoms with Gasteiger partial charge in [0, 0.05) is 36.0 Å². The molecule has 6 heteroatoms. The highest BCUT2D eigenvalue weighted by Gasteiger charge is 2.18. The van der Waals surface area contributed by atoms with Crippen LogP contribution in [0.4, 0.5) is 0 Å². The Morgan fingerprint density at radius 3 is 2.91 bits per heavy atom. The number of aromatic nitrogens is 1. The van der Waals surface area contributed by atoms with Gasteiger partial charge in [0.25, 0.3) is 5.91 Å². The van der Waals surface area contributed by atoms with Gasteiger partial charge in [-0.1, -0.05) is 18.2 Å². The van der Waals surface area contributed by atoms with Crippen LogP contribution in [-0.4, -0.2) is 29.1 Å². The molecule has 0 radical (unpaired) electrons. The Labute approximate surface area is 128 Å².